The number of amides is 3. The van der Waals surface area contributed by atoms with E-state index in [-0.39, 0.29) is 80.4 Å². The lowest BCUT2D eigenvalue weighted by Crippen LogP contribution is -2.42. The molecule has 0 bridgehead atoms. The number of carbonyl (C=O) groups excluding carboxylic acids is 3. The Balaban J connectivity index is 0.000000151. The quantitative estimate of drug-likeness (QED) is 0.0563. The molecular formula is C79H93F6N13O15S3. The van der Waals surface area contributed by atoms with E-state index in [2.05, 4.69) is 24.7 Å². The zero-order valence-corrected chi connectivity index (χ0v) is 67.4. The molecule has 6 aliphatic rings. The number of nitrogens with one attached hydrogen (secondary N) is 3. The van der Waals surface area contributed by atoms with Crippen LogP contribution in [0.4, 0.5) is 43.4 Å². The molecule has 624 valence electrons. The zero-order chi connectivity index (χ0) is 82.7. The van der Waals surface area contributed by atoms with E-state index < -0.39 is 112 Å². The van der Waals surface area contributed by atoms with Crippen LogP contribution >= 0.6 is 0 Å². The molecule has 9 aromatic rings. The smallest absolute Gasteiger partial charge is 0.303 e. The van der Waals surface area contributed by atoms with Gasteiger partial charge in [-0.25, -0.2) is 70.9 Å². The first kappa shape index (κ1) is 84.1. The third kappa shape index (κ3) is 19.6. The summed E-state index contributed by atoms with van der Waals surface area (Å²) in [7, 11) is -10.4. The van der Waals surface area contributed by atoms with Crippen LogP contribution in [-0.4, -0.2) is 196 Å². The van der Waals surface area contributed by atoms with Gasteiger partial charge < -0.3 is 43.1 Å². The second-order valence-corrected chi connectivity index (χ2v) is 37.1. The summed E-state index contributed by atoms with van der Waals surface area (Å²) in [5.41, 5.74) is 4.79. The summed E-state index contributed by atoms with van der Waals surface area (Å²) in [5, 5.41) is 11.7. The molecule has 0 saturated carbocycles. The first-order chi connectivity index (χ1) is 55.2. The third-order valence-electron chi connectivity index (χ3n) is 21.2. The fourth-order valence-electron chi connectivity index (χ4n) is 14.7. The molecule has 37 heteroatoms. The molecule has 0 radical (unpaired) electrons. The van der Waals surface area contributed by atoms with E-state index in [0.717, 1.165) is 4.31 Å². The molecule has 28 nitrogen and oxygen atoms in total. The van der Waals surface area contributed by atoms with E-state index in [0.29, 0.717) is 146 Å². The molecule has 3 amide bonds. The first-order valence-corrected chi connectivity index (χ1v) is 42.8. The number of anilines is 3. The predicted octanol–water partition coefficient (Wildman–Crippen LogP) is 11.2. The largest absolute Gasteiger partial charge is 0.490 e. The number of rotatable bonds is 21. The Morgan fingerprint density at radius 1 is 0.491 bits per heavy atom. The summed E-state index contributed by atoms with van der Waals surface area (Å²) in [4.78, 5) is 44.0. The molecule has 0 spiro atoms. The SMILES string of the molecule is CC(C)(C)S(=O)(=O)NC(=O)c1cnn2ccc(N3C[C@@H](F)C[C@@H]3c3cc(F)cc(OC4CCOCC4)c3)cc12.CC(C)S(=O)(=O)NC(=O)c1cnn2ccc(N3C[C@@H](F)C[C@@H]3c3cc(F)cc(OC4CCOCC4)c3)cc12.CCN(C)S(=O)(=O)NC(=O)c1cnn2ccc(N3C[C@@H](F)C[C@@H]3c3cc(F)cc(OC4CCOCC4)c3)cc12. The van der Waals surface area contributed by atoms with Gasteiger partial charge in [-0.2, -0.15) is 28.0 Å². The lowest BCUT2D eigenvalue weighted by Gasteiger charge is -2.28. The minimum absolute atomic E-state index is 0.0513. The normalized spacial score (nSPS) is 20.8. The molecule has 6 atom stereocenters. The van der Waals surface area contributed by atoms with Crippen LogP contribution in [0.5, 0.6) is 17.2 Å². The number of fused-ring (bicyclic) bond motifs is 3. The van der Waals surface area contributed by atoms with Crippen molar-refractivity contribution < 1.29 is 94.4 Å². The standard InChI is InChI=1S/C27H32F2N4O5S.C26H31F2N5O5S.C26H30F2N4O5S/c1-27(2,3)39(35,36)31-26(34)23-15-30-33-7-4-20(14-25(23)33)32-16-19(29)13-24(32)17-10-18(28)12-22(11-17)38-21-5-8-37-9-6-21;1-3-31(2)39(35,36)30-26(34)23-15-29-33-7-4-20(14-25(23)33)32-16-19(28)13-24(32)17-10-18(27)12-22(11-17)38-21-5-8-37-9-6-21;1-16(2)38(34,35)30-26(33)23-14-29-32-6-3-20(13-25(23)32)31-15-19(28)12-24(31)17-9-18(27)11-22(10-17)37-21-4-7-36-8-5-21/h4,7,10-12,14-15,19,21,24H,5-6,8-9,13,16H2,1-3H3,(H,31,34);4,7,10-12,14-15,19,21,24H,3,5-6,8-9,13,16H2,1-2H3,(H,30,34);3,6,9-11,13-14,16,19,21,24H,4-5,7-8,12,15H2,1-2H3,(H,30,33)/t3*19-,24+/m000/s1. The molecule has 6 saturated heterocycles. The number of hydrogen-bond acceptors (Lipinski definition) is 21. The Kier molecular flexibility index (Phi) is 25.5. The van der Waals surface area contributed by atoms with Crippen LogP contribution in [0, 0.1) is 17.5 Å². The predicted molar refractivity (Wildman–Crippen MR) is 419 cm³/mol. The lowest BCUT2D eigenvalue weighted by atomic mass is 10.0. The summed E-state index contributed by atoms with van der Waals surface area (Å²) < 4.78 is 207. The summed E-state index contributed by atoms with van der Waals surface area (Å²) in [6.07, 6.45) is 9.79. The van der Waals surface area contributed by atoms with Crippen molar-refractivity contribution >= 4 is 81.6 Å². The lowest BCUT2D eigenvalue weighted by molar-refractivity contribution is 0.0252. The summed E-state index contributed by atoms with van der Waals surface area (Å²) in [5.74, 6) is -2.67. The number of aromatic nitrogens is 6. The highest BCUT2D eigenvalue weighted by Gasteiger charge is 2.40. The van der Waals surface area contributed by atoms with Gasteiger partial charge in [0.05, 0.1) is 120 Å². The van der Waals surface area contributed by atoms with Gasteiger partial charge in [-0.1, -0.05) is 6.92 Å². The van der Waals surface area contributed by atoms with Crippen molar-refractivity contribution in [1.82, 2.24) is 47.3 Å². The van der Waals surface area contributed by atoms with Gasteiger partial charge in [0.15, 0.2) is 0 Å². The van der Waals surface area contributed by atoms with E-state index in [1.807, 2.05) is 19.4 Å². The van der Waals surface area contributed by atoms with Crippen LogP contribution in [0.15, 0.2) is 128 Å². The van der Waals surface area contributed by atoms with Gasteiger partial charge in [0, 0.05) is 145 Å². The molecule has 6 aromatic heterocycles. The Morgan fingerprint density at radius 2 is 0.802 bits per heavy atom. The van der Waals surface area contributed by atoms with Crippen molar-refractivity contribution in [2.24, 2.45) is 0 Å². The van der Waals surface area contributed by atoms with E-state index >= 15 is 0 Å². The molecule has 15 rings (SSSR count). The summed E-state index contributed by atoms with van der Waals surface area (Å²) in [6.45, 7) is 13.0. The van der Waals surface area contributed by atoms with Crippen LogP contribution in [-0.2, 0) is 44.5 Å². The molecule has 116 heavy (non-hydrogen) atoms. The van der Waals surface area contributed by atoms with Gasteiger partial charge in [0.2, 0.25) is 20.0 Å². The van der Waals surface area contributed by atoms with Crippen LogP contribution in [0.25, 0.3) is 16.6 Å². The second kappa shape index (κ2) is 35.2. The van der Waals surface area contributed by atoms with E-state index in [9.17, 15) is 66.0 Å². The van der Waals surface area contributed by atoms with Crippen molar-refractivity contribution in [1.29, 1.82) is 0 Å². The van der Waals surface area contributed by atoms with E-state index in [1.165, 1.54) is 110 Å². The topological polar surface area (TPSA) is 310 Å². The maximum Gasteiger partial charge on any atom is 0.303 e. The van der Waals surface area contributed by atoms with Crippen molar-refractivity contribution in [3.8, 4) is 17.2 Å². The van der Waals surface area contributed by atoms with Crippen molar-refractivity contribution in [2.45, 2.75) is 164 Å². The van der Waals surface area contributed by atoms with Gasteiger partial charge >= 0.3 is 10.2 Å². The number of benzene rings is 3. The number of nitrogens with zero attached hydrogens (tertiary/aromatic N) is 10. The highest BCUT2D eigenvalue weighted by Crippen LogP contribution is 2.44. The Labute approximate surface area is 667 Å². The summed E-state index contributed by atoms with van der Waals surface area (Å²) in [6, 6.07) is 22.2. The highest BCUT2D eigenvalue weighted by molar-refractivity contribution is 7.91. The Morgan fingerprint density at radius 3 is 1.10 bits per heavy atom. The molecule has 0 unspecified atom stereocenters. The van der Waals surface area contributed by atoms with Gasteiger partial charge in [0.1, 0.15) is 71.5 Å². The van der Waals surface area contributed by atoms with E-state index in [1.54, 1.807) is 80.1 Å². The number of pyridine rings is 3. The minimum atomic E-state index is -4.02. The first-order valence-electron chi connectivity index (χ1n) is 38.4. The fourth-order valence-corrected chi connectivity index (χ4v) is 16.8. The number of hydrogen-bond donors (Lipinski definition) is 3. The average Bonchev–Trinajstić information content (AvgIpc) is 1.62. The van der Waals surface area contributed by atoms with Crippen molar-refractivity contribution in [2.75, 3.05) is 87.6 Å². The number of carbonyl (C=O) groups is 3. The fraction of sp³-hybridized carbons (Fsp3) is 0.468. The third-order valence-corrected chi connectivity index (χ3v) is 26.5. The highest BCUT2D eigenvalue weighted by atomic mass is 32.2. The monoisotopic (exact) mass is 1670 g/mol. The Bertz CT molecular complexity index is 5430. The Hall–Kier alpha value is -9.79. The van der Waals surface area contributed by atoms with Gasteiger partial charge in [-0.05, 0) is 124 Å². The minimum Gasteiger partial charge on any atom is -0.490 e. The molecule has 6 fully saturated rings. The number of sulfonamides is 2. The zero-order valence-electron chi connectivity index (χ0n) is 64.9. The second-order valence-electron chi connectivity index (χ2n) is 30.7. The molecule has 0 aliphatic carbocycles. The summed E-state index contributed by atoms with van der Waals surface area (Å²) >= 11 is 0. The number of halogens is 6. The van der Waals surface area contributed by atoms with Crippen LogP contribution in [0.3, 0.4) is 0 Å². The maximum atomic E-state index is 14.8. The number of ether oxygens (including phenoxy) is 6. The molecule has 12 heterocycles. The van der Waals surface area contributed by atoms with Crippen molar-refractivity contribution in [3.63, 3.8) is 0 Å². The van der Waals surface area contributed by atoms with Crippen LogP contribution in [0.2, 0.25) is 0 Å². The van der Waals surface area contributed by atoms with Gasteiger partial charge in [-0.15, -0.1) is 0 Å². The maximum absolute atomic E-state index is 14.8. The molecule has 3 N–H and O–H groups in total. The van der Waals surface area contributed by atoms with E-state index in [4.69, 9.17) is 28.4 Å². The van der Waals surface area contributed by atoms with Gasteiger partial charge in [-0.3, -0.25) is 14.4 Å². The van der Waals surface area contributed by atoms with Crippen LogP contribution < -0.4 is 43.1 Å². The number of alkyl halides is 3. The van der Waals surface area contributed by atoms with Crippen molar-refractivity contribution in [3.05, 3.63) is 179 Å². The molecular weight excluding hydrogens is 1580 g/mol. The van der Waals surface area contributed by atoms with Crippen LogP contribution in [0.1, 0.15) is 165 Å². The molecule has 6 aliphatic heterocycles. The average molecular weight is 1670 g/mol. The van der Waals surface area contributed by atoms with Gasteiger partial charge in [0.25, 0.3) is 17.7 Å². The molecule has 3 aromatic carbocycles.